The molecule has 3 heteroatoms. The van der Waals surface area contributed by atoms with E-state index in [2.05, 4.69) is 23.0 Å². The highest BCUT2D eigenvalue weighted by atomic mass is 35.5. The number of aromatic amines is 1. The third-order valence-corrected chi connectivity index (χ3v) is 3.77. The van der Waals surface area contributed by atoms with Gasteiger partial charge < -0.3 is 4.98 Å². The number of aromatic nitrogens is 2. The smallest absolute Gasteiger partial charge is 0.114 e. The molecule has 0 aliphatic carbocycles. The third-order valence-electron chi connectivity index (χ3n) is 3.43. The van der Waals surface area contributed by atoms with Gasteiger partial charge in [-0.05, 0) is 30.2 Å². The van der Waals surface area contributed by atoms with Crippen molar-refractivity contribution < 1.29 is 0 Å². The Morgan fingerprint density at radius 2 is 1.84 bits per heavy atom. The van der Waals surface area contributed by atoms with Crippen LogP contribution in [0.2, 0.25) is 5.02 Å². The van der Waals surface area contributed by atoms with Crippen molar-refractivity contribution in [3.63, 3.8) is 0 Å². The number of hydrogen-bond acceptors (Lipinski definition) is 1. The van der Waals surface area contributed by atoms with Crippen LogP contribution in [0.1, 0.15) is 30.7 Å². The molecule has 3 aromatic rings. The summed E-state index contributed by atoms with van der Waals surface area (Å²) in [6.45, 7) is 2.15. The molecule has 1 N–H and O–H groups in total. The fraction of sp³-hybridized carbons (Fsp3) is 0.188. The van der Waals surface area contributed by atoms with Gasteiger partial charge in [0, 0.05) is 10.9 Å². The molecule has 1 aromatic heterocycles. The molecule has 0 spiro atoms. The number of rotatable bonds is 3. The molecule has 96 valence electrons. The van der Waals surface area contributed by atoms with Crippen LogP contribution < -0.4 is 0 Å². The number of fused-ring (bicyclic) bond motifs is 1. The van der Waals surface area contributed by atoms with E-state index in [-0.39, 0.29) is 5.92 Å². The van der Waals surface area contributed by atoms with Crippen molar-refractivity contribution in [3.8, 4) is 0 Å². The van der Waals surface area contributed by atoms with Crippen molar-refractivity contribution in [2.24, 2.45) is 0 Å². The van der Waals surface area contributed by atoms with E-state index >= 15 is 0 Å². The summed E-state index contributed by atoms with van der Waals surface area (Å²) in [5.41, 5.74) is 3.21. The third kappa shape index (κ3) is 2.24. The molecule has 19 heavy (non-hydrogen) atoms. The van der Waals surface area contributed by atoms with Crippen molar-refractivity contribution in [1.82, 2.24) is 9.97 Å². The maximum absolute atomic E-state index is 6.30. The van der Waals surface area contributed by atoms with Gasteiger partial charge in [-0.1, -0.05) is 48.9 Å². The number of halogens is 1. The summed E-state index contributed by atoms with van der Waals surface area (Å²) < 4.78 is 0. The first kappa shape index (κ1) is 12.2. The first-order valence-corrected chi connectivity index (χ1v) is 6.86. The van der Waals surface area contributed by atoms with Crippen molar-refractivity contribution in [2.75, 3.05) is 0 Å². The SMILES string of the molecule is CCC(c1nc2ccccc2[nH]1)c1ccccc1Cl. The quantitative estimate of drug-likeness (QED) is 0.730. The van der Waals surface area contributed by atoms with E-state index in [1.54, 1.807) is 0 Å². The first-order valence-electron chi connectivity index (χ1n) is 6.48. The Morgan fingerprint density at radius 1 is 1.11 bits per heavy atom. The second-order valence-electron chi connectivity index (χ2n) is 4.62. The Kier molecular flexibility index (Phi) is 3.26. The van der Waals surface area contributed by atoms with E-state index in [0.717, 1.165) is 33.9 Å². The zero-order chi connectivity index (χ0) is 13.2. The highest BCUT2D eigenvalue weighted by molar-refractivity contribution is 6.31. The van der Waals surface area contributed by atoms with Crippen molar-refractivity contribution in [2.45, 2.75) is 19.3 Å². The number of benzene rings is 2. The predicted molar refractivity (Wildman–Crippen MR) is 79.7 cm³/mol. The van der Waals surface area contributed by atoms with Gasteiger partial charge in [-0.3, -0.25) is 0 Å². The summed E-state index contributed by atoms with van der Waals surface area (Å²) >= 11 is 6.30. The zero-order valence-electron chi connectivity index (χ0n) is 10.7. The average Bonchev–Trinajstić information content (AvgIpc) is 2.85. The number of nitrogens with one attached hydrogen (secondary N) is 1. The van der Waals surface area contributed by atoms with Crippen LogP contribution in [0.4, 0.5) is 0 Å². The molecule has 3 rings (SSSR count). The Hall–Kier alpha value is -1.80. The molecule has 0 amide bonds. The number of nitrogens with zero attached hydrogens (tertiary/aromatic N) is 1. The lowest BCUT2D eigenvalue weighted by Gasteiger charge is -2.14. The fourth-order valence-corrected chi connectivity index (χ4v) is 2.72. The van der Waals surface area contributed by atoms with Crippen LogP contribution in [0.15, 0.2) is 48.5 Å². The van der Waals surface area contributed by atoms with Crippen molar-refractivity contribution in [3.05, 3.63) is 64.9 Å². The second-order valence-corrected chi connectivity index (χ2v) is 5.03. The lowest BCUT2D eigenvalue weighted by molar-refractivity contribution is 0.732. The monoisotopic (exact) mass is 270 g/mol. The molecule has 1 atom stereocenters. The molecule has 1 unspecified atom stereocenters. The first-order chi connectivity index (χ1) is 9.29. The van der Waals surface area contributed by atoms with E-state index in [1.807, 2.05) is 42.5 Å². The normalized spacial score (nSPS) is 12.7. The molecule has 2 nitrogen and oxygen atoms in total. The summed E-state index contributed by atoms with van der Waals surface area (Å²) in [5.74, 6) is 1.19. The zero-order valence-corrected chi connectivity index (χ0v) is 11.5. The molecule has 0 bridgehead atoms. The lowest BCUT2D eigenvalue weighted by Crippen LogP contribution is -2.02. The van der Waals surface area contributed by atoms with E-state index in [9.17, 15) is 0 Å². The van der Waals surface area contributed by atoms with Crippen LogP contribution in [0.3, 0.4) is 0 Å². The Bertz CT molecular complexity index is 670. The van der Waals surface area contributed by atoms with E-state index in [1.165, 1.54) is 0 Å². The van der Waals surface area contributed by atoms with Gasteiger partial charge in [-0.15, -0.1) is 0 Å². The van der Waals surface area contributed by atoms with Gasteiger partial charge in [0.2, 0.25) is 0 Å². The Morgan fingerprint density at radius 3 is 2.58 bits per heavy atom. The number of hydrogen-bond donors (Lipinski definition) is 1. The van der Waals surface area contributed by atoms with Crippen LogP contribution in [-0.2, 0) is 0 Å². The van der Waals surface area contributed by atoms with Gasteiger partial charge in [0.15, 0.2) is 0 Å². The van der Waals surface area contributed by atoms with E-state index < -0.39 is 0 Å². The maximum atomic E-state index is 6.30. The van der Waals surface area contributed by atoms with Crippen molar-refractivity contribution >= 4 is 22.6 Å². The number of H-pyrrole nitrogens is 1. The van der Waals surface area contributed by atoms with Crippen LogP contribution >= 0.6 is 11.6 Å². The number of para-hydroxylation sites is 2. The van der Waals surface area contributed by atoms with Gasteiger partial charge in [-0.25, -0.2) is 4.98 Å². The topological polar surface area (TPSA) is 28.7 Å². The molecular formula is C16H15ClN2. The summed E-state index contributed by atoms with van der Waals surface area (Å²) in [5, 5.41) is 0.801. The van der Waals surface area contributed by atoms with Gasteiger partial charge in [0.05, 0.1) is 11.0 Å². The number of imidazole rings is 1. The van der Waals surface area contributed by atoms with Gasteiger partial charge in [-0.2, -0.15) is 0 Å². The molecule has 0 fully saturated rings. The fourth-order valence-electron chi connectivity index (χ4n) is 2.46. The Labute approximate surface area is 117 Å². The van der Waals surface area contributed by atoms with E-state index in [4.69, 9.17) is 11.6 Å². The van der Waals surface area contributed by atoms with Crippen molar-refractivity contribution in [1.29, 1.82) is 0 Å². The predicted octanol–water partition coefficient (Wildman–Crippen LogP) is 4.76. The van der Waals surface area contributed by atoms with Crippen LogP contribution in [0.25, 0.3) is 11.0 Å². The molecule has 0 saturated carbocycles. The molecule has 0 radical (unpaired) electrons. The minimum absolute atomic E-state index is 0.209. The highest BCUT2D eigenvalue weighted by Gasteiger charge is 2.18. The molecular weight excluding hydrogens is 256 g/mol. The van der Waals surface area contributed by atoms with E-state index in [0.29, 0.717) is 0 Å². The van der Waals surface area contributed by atoms with Gasteiger partial charge in [0.1, 0.15) is 5.82 Å². The van der Waals surface area contributed by atoms with Crippen LogP contribution in [-0.4, -0.2) is 9.97 Å². The summed E-state index contributed by atoms with van der Waals surface area (Å²) in [7, 11) is 0. The maximum Gasteiger partial charge on any atom is 0.114 e. The van der Waals surface area contributed by atoms with Crippen LogP contribution in [0.5, 0.6) is 0 Å². The summed E-state index contributed by atoms with van der Waals surface area (Å²) in [6, 6.07) is 16.1. The minimum Gasteiger partial charge on any atom is -0.341 e. The van der Waals surface area contributed by atoms with Crippen LogP contribution in [0, 0.1) is 0 Å². The average molecular weight is 271 g/mol. The van der Waals surface area contributed by atoms with Gasteiger partial charge >= 0.3 is 0 Å². The summed E-state index contributed by atoms with van der Waals surface area (Å²) in [6.07, 6.45) is 0.962. The highest BCUT2D eigenvalue weighted by Crippen LogP contribution is 2.32. The molecule has 0 aliphatic rings. The van der Waals surface area contributed by atoms with Gasteiger partial charge in [0.25, 0.3) is 0 Å². The largest absolute Gasteiger partial charge is 0.341 e. The molecule has 0 aliphatic heterocycles. The molecule has 2 aromatic carbocycles. The molecule has 0 saturated heterocycles. The Balaban J connectivity index is 2.09. The summed E-state index contributed by atoms with van der Waals surface area (Å²) in [4.78, 5) is 8.09. The minimum atomic E-state index is 0.209. The second kappa shape index (κ2) is 5.06. The molecule has 1 heterocycles. The lowest BCUT2D eigenvalue weighted by atomic mass is 9.96. The standard InChI is InChI=1S/C16H15ClN2/c1-2-11(12-7-3-4-8-13(12)17)16-18-14-9-5-6-10-15(14)19-16/h3-11H,2H2,1H3,(H,18,19).